The fourth-order valence-corrected chi connectivity index (χ4v) is 4.33. The molecule has 0 heterocycles. The first-order valence-electron chi connectivity index (χ1n) is 6.28. The highest BCUT2D eigenvalue weighted by atomic mass is 16.2. The van der Waals surface area contributed by atoms with E-state index in [1.165, 1.54) is 6.42 Å². The molecule has 0 bridgehead atoms. The number of carbonyl (C=O) groups is 2. The molecule has 2 nitrogen and oxygen atoms in total. The Morgan fingerprint density at radius 2 is 1.60 bits per heavy atom. The summed E-state index contributed by atoms with van der Waals surface area (Å²) in [6, 6.07) is 0. The average molecular weight is 206 g/mol. The Bertz CT molecular complexity index is 304. The van der Waals surface area contributed by atoms with Crippen LogP contribution in [0.2, 0.25) is 0 Å². The lowest BCUT2D eigenvalue weighted by atomic mass is 9.61. The second-order valence-electron chi connectivity index (χ2n) is 5.67. The number of hydrogen-bond donors (Lipinski definition) is 0. The first-order chi connectivity index (χ1) is 7.20. The minimum Gasteiger partial charge on any atom is -0.291 e. The lowest BCUT2D eigenvalue weighted by Gasteiger charge is -2.43. The molecule has 0 spiro atoms. The van der Waals surface area contributed by atoms with Crippen LogP contribution in [-0.4, -0.2) is 11.6 Å². The summed E-state index contributed by atoms with van der Waals surface area (Å²) in [4.78, 5) is 23.7. The summed E-state index contributed by atoms with van der Waals surface area (Å²) in [5.41, 5.74) is 0. The van der Waals surface area contributed by atoms with Gasteiger partial charge in [0.25, 0.3) is 0 Å². The Labute approximate surface area is 90.4 Å². The van der Waals surface area contributed by atoms with Gasteiger partial charge < -0.3 is 0 Å². The zero-order chi connectivity index (χ0) is 10.6. The van der Waals surface area contributed by atoms with Gasteiger partial charge in [0.2, 0.25) is 11.6 Å². The average Bonchev–Trinajstić information content (AvgIpc) is 2.50. The zero-order valence-electron chi connectivity index (χ0n) is 9.24. The molecule has 0 radical (unpaired) electrons. The maximum atomic E-state index is 11.8. The SMILES string of the molecule is CC1CCC2C(=O)C(=O)C3CCCC1C32. The third kappa shape index (κ3) is 1.17. The summed E-state index contributed by atoms with van der Waals surface area (Å²) in [7, 11) is 0. The predicted molar refractivity (Wildman–Crippen MR) is 56.2 cm³/mol. The van der Waals surface area contributed by atoms with E-state index in [-0.39, 0.29) is 23.4 Å². The van der Waals surface area contributed by atoms with Crippen molar-refractivity contribution in [1.29, 1.82) is 0 Å². The highest BCUT2D eigenvalue weighted by Crippen LogP contribution is 2.53. The van der Waals surface area contributed by atoms with E-state index in [1.54, 1.807) is 0 Å². The Hall–Kier alpha value is -0.660. The molecule has 82 valence electrons. The molecule has 3 fully saturated rings. The van der Waals surface area contributed by atoms with Gasteiger partial charge in [-0.05, 0) is 43.4 Å². The number of ketones is 2. The first-order valence-corrected chi connectivity index (χ1v) is 6.28. The first kappa shape index (κ1) is 9.56. The van der Waals surface area contributed by atoms with Crippen LogP contribution in [0.4, 0.5) is 0 Å². The topological polar surface area (TPSA) is 34.1 Å². The van der Waals surface area contributed by atoms with Crippen LogP contribution in [0.5, 0.6) is 0 Å². The van der Waals surface area contributed by atoms with Crippen LogP contribution < -0.4 is 0 Å². The van der Waals surface area contributed by atoms with Gasteiger partial charge in [-0.3, -0.25) is 9.59 Å². The van der Waals surface area contributed by atoms with E-state index in [1.807, 2.05) is 0 Å². The van der Waals surface area contributed by atoms with E-state index in [0.29, 0.717) is 11.8 Å². The standard InChI is InChI=1S/C13H18O2/c1-7-5-6-10-11-8(7)3-2-4-9(11)12(14)13(10)15/h7-11H,2-6H2,1H3. The molecule has 0 N–H and O–H groups in total. The molecule has 3 aliphatic carbocycles. The molecule has 0 aromatic carbocycles. The third-order valence-corrected chi connectivity index (χ3v) is 5.06. The summed E-state index contributed by atoms with van der Waals surface area (Å²) >= 11 is 0. The molecule has 0 aromatic rings. The monoisotopic (exact) mass is 206 g/mol. The van der Waals surface area contributed by atoms with Crippen molar-refractivity contribution in [2.45, 2.75) is 39.0 Å². The van der Waals surface area contributed by atoms with Crippen molar-refractivity contribution in [2.24, 2.45) is 29.6 Å². The van der Waals surface area contributed by atoms with Gasteiger partial charge in [-0.25, -0.2) is 0 Å². The number of rotatable bonds is 0. The summed E-state index contributed by atoms with van der Waals surface area (Å²) in [6.45, 7) is 2.30. The van der Waals surface area contributed by atoms with Crippen LogP contribution in [-0.2, 0) is 9.59 Å². The van der Waals surface area contributed by atoms with Crippen LogP contribution in [0.3, 0.4) is 0 Å². The molecular weight excluding hydrogens is 188 g/mol. The van der Waals surface area contributed by atoms with Gasteiger partial charge >= 0.3 is 0 Å². The highest BCUT2D eigenvalue weighted by molar-refractivity contribution is 6.41. The number of hydrogen-bond acceptors (Lipinski definition) is 2. The van der Waals surface area contributed by atoms with Gasteiger partial charge in [0.05, 0.1) is 0 Å². The Morgan fingerprint density at radius 1 is 0.933 bits per heavy atom. The van der Waals surface area contributed by atoms with Gasteiger partial charge in [-0.2, -0.15) is 0 Å². The molecule has 5 atom stereocenters. The molecule has 3 rings (SSSR count). The van der Waals surface area contributed by atoms with Crippen LogP contribution in [0.1, 0.15) is 39.0 Å². The van der Waals surface area contributed by atoms with E-state index in [0.717, 1.165) is 31.6 Å². The lowest BCUT2D eigenvalue weighted by molar-refractivity contribution is -0.137. The summed E-state index contributed by atoms with van der Waals surface area (Å²) in [5.74, 6) is 2.01. The van der Waals surface area contributed by atoms with Crippen molar-refractivity contribution in [3.63, 3.8) is 0 Å². The highest BCUT2D eigenvalue weighted by Gasteiger charge is 2.55. The fourth-order valence-electron chi connectivity index (χ4n) is 4.33. The van der Waals surface area contributed by atoms with E-state index in [4.69, 9.17) is 0 Å². The fraction of sp³-hybridized carbons (Fsp3) is 0.846. The molecule has 5 unspecified atom stereocenters. The van der Waals surface area contributed by atoms with E-state index >= 15 is 0 Å². The summed E-state index contributed by atoms with van der Waals surface area (Å²) in [6.07, 6.45) is 5.51. The summed E-state index contributed by atoms with van der Waals surface area (Å²) < 4.78 is 0. The largest absolute Gasteiger partial charge is 0.291 e. The molecule has 3 aliphatic rings. The summed E-state index contributed by atoms with van der Waals surface area (Å²) in [5, 5.41) is 0. The van der Waals surface area contributed by atoms with E-state index in [2.05, 4.69) is 6.92 Å². The van der Waals surface area contributed by atoms with Gasteiger partial charge in [0.1, 0.15) is 0 Å². The molecule has 0 aliphatic heterocycles. The van der Waals surface area contributed by atoms with Gasteiger partial charge in [0.15, 0.2) is 0 Å². The number of carbonyl (C=O) groups excluding carboxylic acids is 2. The van der Waals surface area contributed by atoms with E-state index < -0.39 is 0 Å². The molecular formula is C13H18O2. The van der Waals surface area contributed by atoms with E-state index in [9.17, 15) is 9.59 Å². The second kappa shape index (κ2) is 3.16. The van der Waals surface area contributed by atoms with Crippen LogP contribution in [0, 0.1) is 29.6 Å². The second-order valence-corrected chi connectivity index (χ2v) is 5.67. The minimum absolute atomic E-state index is 0.0243. The van der Waals surface area contributed by atoms with Crippen LogP contribution >= 0.6 is 0 Å². The van der Waals surface area contributed by atoms with Crippen molar-refractivity contribution >= 4 is 11.6 Å². The van der Waals surface area contributed by atoms with Crippen LogP contribution in [0.15, 0.2) is 0 Å². The quantitative estimate of drug-likeness (QED) is 0.569. The number of Topliss-reactive ketones (excluding diaryl/α,β-unsaturated/α-hetero) is 2. The predicted octanol–water partition coefficient (Wildman–Crippen LogP) is 2.22. The van der Waals surface area contributed by atoms with Crippen molar-refractivity contribution in [3.05, 3.63) is 0 Å². The van der Waals surface area contributed by atoms with Crippen molar-refractivity contribution in [1.82, 2.24) is 0 Å². The lowest BCUT2D eigenvalue weighted by Crippen LogP contribution is -2.37. The van der Waals surface area contributed by atoms with Crippen molar-refractivity contribution < 1.29 is 9.59 Å². The zero-order valence-corrected chi connectivity index (χ0v) is 9.24. The molecule has 0 amide bonds. The Morgan fingerprint density at radius 3 is 2.33 bits per heavy atom. The van der Waals surface area contributed by atoms with Crippen molar-refractivity contribution in [3.8, 4) is 0 Å². The molecule has 2 heteroatoms. The Balaban J connectivity index is 1.98. The van der Waals surface area contributed by atoms with Gasteiger partial charge in [-0.15, -0.1) is 0 Å². The normalized spacial score (nSPS) is 49.3. The molecule has 0 aromatic heterocycles. The minimum atomic E-state index is -0.0243. The third-order valence-electron chi connectivity index (χ3n) is 5.06. The van der Waals surface area contributed by atoms with Gasteiger partial charge in [-0.1, -0.05) is 13.3 Å². The Kier molecular flexibility index (Phi) is 2.02. The van der Waals surface area contributed by atoms with Crippen LogP contribution in [0.25, 0.3) is 0 Å². The molecule has 3 saturated carbocycles. The molecule has 15 heavy (non-hydrogen) atoms. The molecule has 0 saturated heterocycles. The van der Waals surface area contributed by atoms with Crippen molar-refractivity contribution in [2.75, 3.05) is 0 Å². The smallest absolute Gasteiger partial charge is 0.202 e. The van der Waals surface area contributed by atoms with Gasteiger partial charge in [0, 0.05) is 11.8 Å². The maximum Gasteiger partial charge on any atom is 0.202 e. The maximum absolute atomic E-state index is 11.8.